The van der Waals surface area contributed by atoms with Gasteiger partial charge in [-0.05, 0) is 20.3 Å². The van der Waals surface area contributed by atoms with E-state index in [1.807, 2.05) is 6.92 Å². The van der Waals surface area contributed by atoms with Gasteiger partial charge in [-0.2, -0.15) is 0 Å². The zero-order valence-corrected chi connectivity index (χ0v) is 9.36. The van der Waals surface area contributed by atoms with E-state index in [4.69, 9.17) is 5.73 Å². The van der Waals surface area contributed by atoms with E-state index in [1.165, 1.54) is 13.8 Å². The van der Waals surface area contributed by atoms with Crippen LogP contribution in [0.3, 0.4) is 0 Å². The first-order valence-corrected chi connectivity index (χ1v) is 5.30. The number of thiazole rings is 1. The molecule has 3 N–H and O–H groups in total. The minimum Gasteiger partial charge on any atom is -0.389 e. The van der Waals surface area contributed by atoms with Gasteiger partial charge in [-0.3, -0.25) is 0 Å². The zero-order valence-electron chi connectivity index (χ0n) is 8.54. The molecule has 1 heterocycles. The van der Waals surface area contributed by atoms with Crippen LogP contribution in [-0.2, 0) is 6.42 Å². The molecule has 1 atom stereocenters. The van der Waals surface area contributed by atoms with E-state index in [-0.39, 0.29) is 0 Å². The fourth-order valence-corrected chi connectivity index (χ4v) is 2.13. The number of rotatable bonds is 3. The Bertz CT molecular complexity index is 319. The molecule has 1 unspecified atom stereocenters. The lowest BCUT2D eigenvalue weighted by molar-refractivity contribution is 0.0159. The second-order valence-electron chi connectivity index (χ2n) is 3.68. The molecule has 5 heteroatoms. The van der Waals surface area contributed by atoms with E-state index in [0.29, 0.717) is 16.4 Å². The van der Waals surface area contributed by atoms with Crippen LogP contribution in [0.15, 0.2) is 0 Å². The minimum atomic E-state index is -1.69. The maximum Gasteiger partial charge on any atom is 0.139 e. The summed E-state index contributed by atoms with van der Waals surface area (Å²) < 4.78 is 13.4. The second-order valence-corrected chi connectivity index (χ2v) is 4.75. The minimum absolute atomic E-state index is 0.354. The number of hydrogen-bond acceptors (Lipinski definition) is 4. The maximum absolute atomic E-state index is 13.4. The summed E-state index contributed by atoms with van der Waals surface area (Å²) >= 11 is 1.15. The summed E-state index contributed by atoms with van der Waals surface area (Å²) in [5.74, 6) is 0. The van der Waals surface area contributed by atoms with Gasteiger partial charge in [0.2, 0.25) is 0 Å². The van der Waals surface area contributed by atoms with Crippen LogP contribution in [0.1, 0.15) is 37.6 Å². The molecule has 0 aliphatic rings. The fourth-order valence-electron chi connectivity index (χ4n) is 1.05. The SMILES string of the molecule is CCc1nc(C(O)C(C)(C)F)sc1N. The zero-order chi connectivity index (χ0) is 10.9. The third kappa shape index (κ3) is 2.22. The standard InChI is InChI=1S/C9H15FN2OS/c1-4-5-7(11)14-8(12-5)6(13)9(2,3)10/h6,13H,4,11H2,1-3H3. The van der Waals surface area contributed by atoms with Gasteiger partial charge in [-0.1, -0.05) is 18.3 Å². The van der Waals surface area contributed by atoms with Crippen molar-refractivity contribution in [2.45, 2.75) is 39.0 Å². The molecule has 1 rings (SSSR count). The van der Waals surface area contributed by atoms with E-state index in [2.05, 4.69) is 4.98 Å². The number of alkyl halides is 1. The van der Waals surface area contributed by atoms with Crippen molar-refractivity contribution in [3.63, 3.8) is 0 Å². The van der Waals surface area contributed by atoms with Crippen molar-refractivity contribution in [3.05, 3.63) is 10.7 Å². The van der Waals surface area contributed by atoms with Crippen molar-refractivity contribution < 1.29 is 9.50 Å². The van der Waals surface area contributed by atoms with Gasteiger partial charge in [0.05, 0.1) is 5.69 Å². The molecule has 0 amide bonds. The number of nitrogens with zero attached hydrogens (tertiary/aromatic N) is 1. The van der Waals surface area contributed by atoms with Gasteiger partial charge < -0.3 is 10.8 Å². The smallest absolute Gasteiger partial charge is 0.139 e. The predicted octanol–water partition coefficient (Wildman–Crippen LogP) is 2.07. The largest absolute Gasteiger partial charge is 0.389 e. The first-order chi connectivity index (χ1) is 6.36. The summed E-state index contributed by atoms with van der Waals surface area (Å²) in [5, 5.41) is 10.5. The summed E-state index contributed by atoms with van der Waals surface area (Å²) in [6.07, 6.45) is -0.503. The number of aliphatic hydroxyl groups excluding tert-OH is 1. The van der Waals surface area contributed by atoms with E-state index < -0.39 is 11.8 Å². The normalized spacial score (nSPS) is 14.4. The second kappa shape index (κ2) is 3.82. The van der Waals surface area contributed by atoms with Crippen molar-refractivity contribution in [1.82, 2.24) is 4.98 Å². The topological polar surface area (TPSA) is 59.1 Å². The lowest BCUT2D eigenvalue weighted by Crippen LogP contribution is -2.23. The molecule has 1 aromatic rings. The van der Waals surface area contributed by atoms with Crippen molar-refractivity contribution in [3.8, 4) is 0 Å². The molecule has 80 valence electrons. The third-order valence-corrected chi connectivity index (χ3v) is 2.94. The van der Waals surface area contributed by atoms with Crippen LogP contribution in [0.4, 0.5) is 9.39 Å². The van der Waals surface area contributed by atoms with Gasteiger partial charge in [0.25, 0.3) is 0 Å². The van der Waals surface area contributed by atoms with Gasteiger partial charge in [-0.15, -0.1) is 0 Å². The molecule has 14 heavy (non-hydrogen) atoms. The highest BCUT2D eigenvalue weighted by Gasteiger charge is 2.31. The highest BCUT2D eigenvalue weighted by Crippen LogP contribution is 2.34. The molecule has 0 saturated carbocycles. The molecule has 0 fully saturated rings. The Morgan fingerprint density at radius 2 is 2.21 bits per heavy atom. The Morgan fingerprint density at radius 1 is 1.64 bits per heavy atom. The summed E-state index contributed by atoms with van der Waals surface area (Å²) in [4.78, 5) is 4.10. The van der Waals surface area contributed by atoms with E-state index in [1.54, 1.807) is 0 Å². The number of anilines is 1. The molecule has 0 spiro atoms. The monoisotopic (exact) mass is 218 g/mol. The van der Waals surface area contributed by atoms with Crippen LogP contribution in [0.2, 0.25) is 0 Å². The summed E-state index contributed by atoms with van der Waals surface area (Å²) in [7, 11) is 0. The first-order valence-electron chi connectivity index (χ1n) is 4.48. The van der Waals surface area contributed by atoms with E-state index in [0.717, 1.165) is 17.0 Å². The van der Waals surface area contributed by atoms with Crippen LogP contribution < -0.4 is 5.73 Å². The lowest BCUT2D eigenvalue weighted by Gasteiger charge is -2.19. The Balaban J connectivity index is 2.97. The van der Waals surface area contributed by atoms with Gasteiger partial charge in [0, 0.05) is 0 Å². The molecular formula is C9H15FN2OS. The fraction of sp³-hybridized carbons (Fsp3) is 0.667. The number of aliphatic hydroxyl groups is 1. The van der Waals surface area contributed by atoms with Crippen LogP contribution in [0.25, 0.3) is 0 Å². The van der Waals surface area contributed by atoms with Crippen molar-refractivity contribution >= 4 is 16.3 Å². The number of halogens is 1. The maximum atomic E-state index is 13.4. The molecule has 0 radical (unpaired) electrons. The van der Waals surface area contributed by atoms with Crippen LogP contribution >= 0.6 is 11.3 Å². The highest BCUT2D eigenvalue weighted by molar-refractivity contribution is 7.15. The summed E-state index contributed by atoms with van der Waals surface area (Å²) in [5.41, 5.74) is 4.70. The van der Waals surface area contributed by atoms with Gasteiger partial charge >= 0.3 is 0 Å². The molecule has 0 aliphatic heterocycles. The molecule has 0 saturated heterocycles. The van der Waals surface area contributed by atoms with Crippen LogP contribution in [0.5, 0.6) is 0 Å². The van der Waals surface area contributed by atoms with Gasteiger partial charge in [0.1, 0.15) is 21.8 Å². The predicted molar refractivity (Wildman–Crippen MR) is 56.1 cm³/mol. The Labute approximate surface area is 86.8 Å². The number of nitrogens with two attached hydrogens (primary N) is 1. The number of hydrogen-bond donors (Lipinski definition) is 2. The molecule has 0 aromatic carbocycles. The van der Waals surface area contributed by atoms with E-state index >= 15 is 0 Å². The summed E-state index contributed by atoms with van der Waals surface area (Å²) in [6.45, 7) is 4.56. The van der Waals surface area contributed by atoms with Gasteiger partial charge in [-0.25, -0.2) is 9.37 Å². The van der Waals surface area contributed by atoms with Crippen molar-refractivity contribution in [2.24, 2.45) is 0 Å². The highest BCUT2D eigenvalue weighted by atomic mass is 32.1. The van der Waals surface area contributed by atoms with Crippen molar-refractivity contribution in [2.75, 3.05) is 5.73 Å². The average molecular weight is 218 g/mol. The van der Waals surface area contributed by atoms with Crippen LogP contribution in [-0.4, -0.2) is 15.8 Å². The molecule has 3 nitrogen and oxygen atoms in total. The van der Waals surface area contributed by atoms with Crippen LogP contribution in [0, 0.1) is 0 Å². The quantitative estimate of drug-likeness (QED) is 0.816. The Morgan fingerprint density at radius 3 is 2.57 bits per heavy atom. The molecular weight excluding hydrogens is 203 g/mol. The average Bonchev–Trinajstić information content (AvgIpc) is 2.43. The molecule has 0 aliphatic carbocycles. The number of aryl methyl sites for hydroxylation is 1. The number of aromatic nitrogens is 1. The van der Waals surface area contributed by atoms with E-state index in [9.17, 15) is 9.50 Å². The first kappa shape index (κ1) is 11.4. The summed E-state index contributed by atoms with van der Waals surface area (Å²) in [6, 6.07) is 0. The lowest BCUT2D eigenvalue weighted by atomic mass is 10.1. The number of nitrogen functional groups attached to an aromatic ring is 1. The molecule has 1 aromatic heterocycles. The Hall–Kier alpha value is -0.680. The Kier molecular flexibility index (Phi) is 3.11. The third-order valence-electron chi connectivity index (χ3n) is 1.96. The van der Waals surface area contributed by atoms with Gasteiger partial charge in [0.15, 0.2) is 0 Å². The van der Waals surface area contributed by atoms with Crippen molar-refractivity contribution in [1.29, 1.82) is 0 Å². The molecule has 0 bridgehead atoms.